The Labute approximate surface area is 114 Å². The molecule has 4 nitrogen and oxygen atoms in total. The van der Waals surface area contributed by atoms with E-state index in [2.05, 4.69) is 15.4 Å². The lowest BCUT2D eigenvalue weighted by molar-refractivity contribution is -0.274. The number of amides is 1. The normalized spacial score (nSPS) is 14.9. The van der Waals surface area contributed by atoms with Gasteiger partial charge in [-0.1, -0.05) is 0 Å². The van der Waals surface area contributed by atoms with Gasteiger partial charge in [-0.3, -0.25) is 4.79 Å². The number of hydrogen-bond donors (Lipinski definition) is 2. The van der Waals surface area contributed by atoms with Crippen molar-refractivity contribution in [1.29, 1.82) is 0 Å². The zero-order valence-corrected chi connectivity index (χ0v) is 10.7. The quantitative estimate of drug-likeness (QED) is 0.845. The van der Waals surface area contributed by atoms with Gasteiger partial charge in [0.05, 0.1) is 6.54 Å². The van der Waals surface area contributed by atoms with Gasteiger partial charge in [0, 0.05) is 5.69 Å². The number of benzene rings is 1. The molecule has 0 heterocycles. The number of carbonyl (C=O) groups is 1. The summed E-state index contributed by atoms with van der Waals surface area (Å²) in [5.41, 5.74) is 0.428. The molecule has 1 aromatic carbocycles. The highest BCUT2D eigenvalue weighted by Gasteiger charge is 2.30. The van der Waals surface area contributed by atoms with E-state index in [1.54, 1.807) is 0 Å². The van der Waals surface area contributed by atoms with Crippen LogP contribution in [-0.2, 0) is 4.79 Å². The Hall–Kier alpha value is -1.76. The maximum absolute atomic E-state index is 12.0. The maximum atomic E-state index is 12.0. The average molecular weight is 288 g/mol. The molecule has 1 fully saturated rings. The zero-order chi connectivity index (χ0) is 14.6. The van der Waals surface area contributed by atoms with Crippen LogP contribution < -0.4 is 15.4 Å². The topological polar surface area (TPSA) is 50.4 Å². The van der Waals surface area contributed by atoms with E-state index in [1.165, 1.54) is 25.0 Å². The first kappa shape index (κ1) is 14.6. The summed E-state index contributed by atoms with van der Waals surface area (Å²) in [5.74, 6) is 0.138. The van der Waals surface area contributed by atoms with Crippen molar-refractivity contribution in [3.63, 3.8) is 0 Å². The molecule has 0 saturated heterocycles. The minimum Gasteiger partial charge on any atom is -0.406 e. The molecule has 0 bridgehead atoms. The van der Waals surface area contributed by atoms with Crippen molar-refractivity contribution in [3.05, 3.63) is 24.3 Å². The van der Waals surface area contributed by atoms with Gasteiger partial charge >= 0.3 is 6.36 Å². The van der Waals surface area contributed by atoms with Crippen molar-refractivity contribution in [2.45, 2.75) is 19.2 Å². The molecular formula is C13H15F3N2O2. The Morgan fingerprint density at radius 1 is 1.25 bits per heavy atom. The van der Waals surface area contributed by atoms with Crippen LogP contribution >= 0.6 is 0 Å². The van der Waals surface area contributed by atoms with E-state index in [0.717, 1.165) is 18.7 Å². The van der Waals surface area contributed by atoms with E-state index >= 15 is 0 Å². The van der Waals surface area contributed by atoms with E-state index in [1.807, 2.05) is 0 Å². The van der Waals surface area contributed by atoms with Crippen molar-refractivity contribution < 1.29 is 22.7 Å². The lowest BCUT2D eigenvalue weighted by Gasteiger charge is -2.10. The van der Waals surface area contributed by atoms with Gasteiger partial charge in [0.1, 0.15) is 5.75 Å². The van der Waals surface area contributed by atoms with Crippen LogP contribution in [0.3, 0.4) is 0 Å². The molecule has 0 unspecified atom stereocenters. The molecule has 1 aliphatic carbocycles. The third-order valence-electron chi connectivity index (χ3n) is 2.79. The zero-order valence-electron chi connectivity index (χ0n) is 10.7. The monoisotopic (exact) mass is 288 g/mol. The second-order valence-corrected chi connectivity index (χ2v) is 4.69. The first-order chi connectivity index (χ1) is 9.42. The van der Waals surface area contributed by atoms with Gasteiger partial charge < -0.3 is 15.4 Å². The third-order valence-corrected chi connectivity index (χ3v) is 2.79. The van der Waals surface area contributed by atoms with E-state index < -0.39 is 6.36 Å². The second-order valence-electron chi connectivity index (χ2n) is 4.69. The van der Waals surface area contributed by atoms with Gasteiger partial charge in [-0.15, -0.1) is 13.2 Å². The Morgan fingerprint density at radius 2 is 1.90 bits per heavy atom. The summed E-state index contributed by atoms with van der Waals surface area (Å²) < 4.78 is 39.6. The first-order valence-corrected chi connectivity index (χ1v) is 6.29. The minimum atomic E-state index is -4.71. The molecule has 110 valence electrons. The largest absolute Gasteiger partial charge is 0.573 e. The van der Waals surface area contributed by atoms with Gasteiger partial charge in [-0.25, -0.2) is 0 Å². The average Bonchev–Trinajstić information content (AvgIpc) is 3.14. The Bertz CT molecular complexity index is 456. The fraction of sp³-hybridized carbons (Fsp3) is 0.462. The number of nitrogens with one attached hydrogen (secondary N) is 2. The highest BCUT2D eigenvalue weighted by Crippen LogP contribution is 2.27. The SMILES string of the molecule is O=C(CNCC1CC1)Nc1ccc(OC(F)(F)F)cc1. The summed E-state index contributed by atoms with van der Waals surface area (Å²) in [5, 5.41) is 5.61. The van der Waals surface area contributed by atoms with Crippen LogP contribution in [0.15, 0.2) is 24.3 Å². The highest BCUT2D eigenvalue weighted by molar-refractivity contribution is 5.92. The van der Waals surface area contributed by atoms with Gasteiger partial charge in [0.25, 0.3) is 0 Å². The molecular weight excluding hydrogens is 273 g/mol. The molecule has 2 rings (SSSR count). The van der Waals surface area contributed by atoms with E-state index in [-0.39, 0.29) is 18.2 Å². The van der Waals surface area contributed by atoms with Crippen LogP contribution in [0.4, 0.5) is 18.9 Å². The number of rotatable bonds is 6. The van der Waals surface area contributed by atoms with Crippen molar-refractivity contribution >= 4 is 11.6 Å². The van der Waals surface area contributed by atoms with E-state index in [9.17, 15) is 18.0 Å². The molecule has 0 aromatic heterocycles. The lowest BCUT2D eigenvalue weighted by Crippen LogP contribution is -2.29. The van der Waals surface area contributed by atoms with Gasteiger partial charge in [0.2, 0.25) is 5.91 Å². The van der Waals surface area contributed by atoms with Crippen molar-refractivity contribution in [2.75, 3.05) is 18.4 Å². The summed E-state index contributed by atoms with van der Waals surface area (Å²) in [6.45, 7) is 1.02. The molecule has 1 aliphatic rings. The fourth-order valence-electron chi connectivity index (χ4n) is 1.66. The Kier molecular flexibility index (Phi) is 4.49. The molecule has 1 aromatic rings. The highest BCUT2D eigenvalue weighted by atomic mass is 19.4. The molecule has 2 N–H and O–H groups in total. The predicted molar refractivity (Wildman–Crippen MR) is 67.3 cm³/mol. The number of anilines is 1. The van der Waals surface area contributed by atoms with Gasteiger partial charge in [0.15, 0.2) is 0 Å². The summed E-state index contributed by atoms with van der Waals surface area (Å²) in [6.07, 6.45) is -2.30. The molecule has 0 aliphatic heterocycles. The van der Waals surface area contributed by atoms with Gasteiger partial charge in [-0.05, 0) is 49.6 Å². The molecule has 1 saturated carbocycles. The number of alkyl halides is 3. The van der Waals surface area contributed by atoms with E-state index in [0.29, 0.717) is 11.6 Å². The number of hydrogen-bond acceptors (Lipinski definition) is 3. The summed E-state index contributed by atoms with van der Waals surface area (Å²) >= 11 is 0. The smallest absolute Gasteiger partial charge is 0.406 e. The van der Waals surface area contributed by atoms with Crippen molar-refractivity contribution in [3.8, 4) is 5.75 Å². The van der Waals surface area contributed by atoms with Crippen LogP contribution in [0, 0.1) is 5.92 Å². The summed E-state index contributed by atoms with van der Waals surface area (Å²) in [7, 11) is 0. The summed E-state index contributed by atoms with van der Waals surface area (Å²) in [4.78, 5) is 11.5. The van der Waals surface area contributed by atoms with Crippen molar-refractivity contribution in [2.24, 2.45) is 5.92 Å². The molecule has 7 heteroatoms. The van der Waals surface area contributed by atoms with Crippen LogP contribution in [0.25, 0.3) is 0 Å². The minimum absolute atomic E-state index is 0.192. The Balaban J connectivity index is 1.75. The predicted octanol–water partition coefficient (Wildman–Crippen LogP) is 2.52. The Morgan fingerprint density at radius 3 is 2.45 bits per heavy atom. The van der Waals surface area contributed by atoms with Crippen LogP contribution in [0.1, 0.15) is 12.8 Å². The third kappa shape index (κ3) is 5.48. The molecule has 20 heavy (non-hydrogen) atoms. The van der Waals surface area contributed by atoms with Crippen molar-refractivity contribution in [1.82, 2.24) is 5.32 Å². The van der Waals surface area contributed by atoms with Crippen LogP contribution in [-0.4, -0.2) is 25.4 Å². The first-order valence-electron chi connectivity index (χ1n) is 6.29. The molecule has 0 radical (unpaired) electrons. The molecule has 0 spiro atoms. The molecule has 1 amide bonds. The second kappa shape index (κ2) is 6.13. The number of ether oxygens (including phenoxy) is 1. The standard InChI is InChI=1S/C13H15F3N2O2/c14-13(15,16)20-11-5-3-10(4-6-11)18-12(19)8-17-7-9-1-2-9/h3-6,9,17H,1-2,7-8H2,(H,18,19). The van der Waals surface area contributed by atoms with Crippen LogP contribution in [0.2, 0.25) is 0 Å². The fourth-order valence-corrected chi connectivity index (χ4v) is 1.66. The van der Waals surface area contributed by atoms with Crippen LogP contribution in [0.5, 0.6) is 5.75 Å². The lowest BCUT2D eigenvalue weighted by atomic mass is 10.3. The van der Waals surface area contributed by atoms with E-state index in [4.69, 9.17) is 0 Å². The summed E-state index contributed by atoms with van der Waals surface area (Å²) in [6, 6.07) is 5.03. The number of carbonyl (C=O) groups excluding carboxylic acids is 1. The maximum Gasteiger partial charge on any atom is 0.573 e. The molecule has 0 atom stereocenters. The number of halogens is 3. The van der Waals surface area contributed by atoms with Gasteiger partial charge in [-0.2, -0.15) is 0 Å².